The number of fused-ring (bicyclic) bond motifs is 3. The molecule has 0 aliphatic carbocycles. The van der Waals surface area contributed by atoms with Crippen LogP contribution in [0.2, 0.25) is 0 Å². The Bertz CT molecular complexity index is 1690. The summed E-state index contributed by atoms with van der Waals surface area (Å²) in [6, 6.07) is 15.8. The number of aromatic nitrogens is 3. The molecule has 0 saturated heterocycles. The van der Waals surface area contributed by atoms with Crippen LogP contribution in [0.25, 0.3) is 20.4 Å². The Morgan fingerprint density at radius 3 is 2.54 bits per heavy atom. The molecule has 0 radical (unpaired) electrons. The van der Waals surface area contributed by atoms with Gasteiger partial charge in [-0.2, -0.15) is 0 Å². The first-order valence-corrected chi connectivity index (χ1v) is 11.5. The molecule has 0 aliphatic rings. The van der Waals surface area contributed by atoms with Crippen LogP contribution in [0, 0.1) is 11.6 Å². The van der Waals surface area contributed by atoms with Crippen molar-refractivity contribution in [2.75, 3.05) is 5.32 Å². The van der Waals surface area contributed by atoms with Gasteiger partial charge in [0, 0.05) is 29.9 Å². The van der Waals surface area contributed by atoms with Crippen LogP contribution in [0.3, 0.4) is 0 Å². The fraction of sp³-hybridized carbons (Fsp3) is 0.120. The summed E-state index contributed by atoms with van der Waals surface area (Å²) >= 11 is 1.15. The maximum Gasteiger partial charge on any atom is 0.332 e. The summed E-state index contributed by atoms with van der Waals surface area (Å²) in [5.41, 5.74) is 0.250. The third kappa shape index (κ3) is 4.35. The Morgan fingerprint density at radius 1 is 0.971 bits per heavy atom. The van der Waals surface area contributed by atoms with Crippen LogP contribution < -0.4 is 16.6 Å². The Morgan fingerprint density at radius 2 is 1.77 bits per heavy atom. The number of nitrogens with zero attached hydrogens (tertiary/aromatic N) is 3. The van der Waals surface area contributed by atoms with E-state index in [0.29, 0.717) is 26.9 Å². The van der Waals surface area contributed by atoms with Gasteiger partial charge in [0.1, 0.15) is 16.1 Å². The van der Waals surface area contributed by atoms with E-state index in [0.717, 1.165) is 33.6 Å². The maximum absolute atomic E-state index is 13.6. The molecule has 0 bridgehead atoms. The molecular formula is C25H18F2N4O3S. The first-order valence-electron chi connectivity index (χ1n) is 10.7. The van der Waals surface area contributed by atoms with Gasteiger partial charge < -0.3 is 5.32 Å². The monoisotopic (exact) mass is 492 g/mol. The lowest BCUT2D eigenvalue weighted by Crippen LogP contribution is -2.41. The van der Waals surface area contributed by atoms with Gasteiger partial charge in [0.25, 0.3) is 5.56 Å². The fourth-order valence-corrected chi connectivity index (χ4v) is 5.03. The van der Waals surface area contributed by atoms with Crippen LogP contribution in [-0.4, -0.2) is 20.0 Å². The second kappa shape index (κ2) is 9.22. The molecule has 10 heteroatoms. The van der Waals surface area contributed by atoms with Crippen molar-refractivity contribution in [3.8, 4) is 0 Å². The van der Waals surface area contributed by atoms with E-state index in [-0.39, 0.29) is 12.2 Å². The number of thiophene rings is 1. The molecular weight excluding hydrogens is 474 g/mol. The van der Waals surface area contributed by atoms with Gasteiger partial charge in [0.05, 0.1) is 5.52 Å². The highest BCUT2D eigenvalue weighted by Gasteiger charge is 2.20. The minimum absolute atomic E-state index is 0.0486. The van der Waals surface area contributed by atoms with Crippen LogP contribution in [-0.2, 0) is 24.3 Å². The van der Waals surface area contributed by atoms with Crippen molar-refractivity contribution in [2.45, 2.75) is 19.5 Å². The van der Waals surface area contributed by atoms with E-state index in [4.69, 9.17) is 0 Å². The minimum Gasteiger partial charge on any atom is -0.324 e. The van der Waals surface area contributed by atoms with Crippen LogP contribution in [0.15, 0.2) is 76.4 Å². The first-order chi connectivity index (χ1) is 16.9. The van der Waals surface area contributed by atoms with Crippen LogP contribution in [0.5, 0.6) is 0 Å². The van der Waals surface area contributed by atoms with E-state index >= 15 is 0 Å². The van der Waals surface area contributed by atoms with Gasteiger partial charge >= 0.3 is 5.69 Å². The highest BCUT2D eigenvalue weighted by Crippen LogP contribution is 2.29. The average molecular weight is 493 g/mol. The van der Waals surface area contributed by atoms with E-state index in [2.05, 4.69) is 10.3 Å². The van der Waals surface area contributed by atoms with E-state index < -0.39 is 35.3 Å². The molecule has 0 aliphatic heterocycles. The lowest BCUT2D eigenvalue weighted by Gasteiger charge is -2.13. The van der Waals surface area contributed by atoms with E-state index in [1.54, 1.807) is 18.3 Å². The molecule has 0 unspecified atom stereocenters. The summed E-state index contributed by atoms with van der Waals surface area (Å²) in [4.78, 5) is 44.4. The van der Waals surface area contributed by atoms with E-state index in [9.17, 15) is 23.2 Å². The molecule has 1 N–H and O–H groups in total. The molecule has 2 aromatic carbocycles. The number of anilines is 1. The number of nitrogens with one attached hydrogen (secondary N) is 1. The molecule has 0 saturated carbocycles. The molecule has 0 fully saturated rings. The number of halogens is 2. The van der Waals surface area contributed by atoms with Gasteiger partial charge in [-0.25, -0.2) is 18.6 Å². The zero-order valence-electron chi connectivity index (χ0n) is 18.2. The SMILES string of the molecule is O=C(Cn1c(=O)n(CCc2ccccc2)c(=O)c2sc3ncccc3c21)Nc1ccc(F)c(F)c1. The lowest BCUT2D eigenvalue weighted by atomic mass is 10.1. The first kappa shape index (κ1) is 22.6. The number of rotatable bonds is 6. The average Bonchev–Trinajstić information content (AvgIpc) is 3.24. The highest BCUT2D eigenvalue weighted by molar-refractivity contribution is 7.25. The largest absolute Gasteiger partial charge is 0.332 e. The third-order valence-corrected chi connectivity index (χ3v) is 6.67. The van der Waals surface area contributed by atoms with Gasteiger partial charge in [-0.15, -0.1) is 11.3 Å². The van der Waals surface area contributed by atoms with Gasteiger partial charge in [-0.1, -0.05) is 30.3 Å². The van der Waals surface area contributed by atoms with Crippen LogP contribution in [0.1, 0.15) is 5.56 Å². The second-order valence-corrected chi connectivity index (χ2v) is 8.87. The molecule has 176 valence electrons. The van der Waals surface area contributed by atoms with Gasteiger partial charge in [0.2, 0.25) is 5.91 Å². The Kier molecular flexibility index (Phi) is 5.96. The Labute approximate surface area is 200 Å². The number of carbonyl (C=O) groups is 1. The van der Waals surface area contributed by atoms with Crippen molar-refractivity contribution in [3.63, 3.8) is 0 Å². The summed E-state index contributed by atoms with van der Waals surface area (Å²) in [7, 11) is 0. The topological polar surface area (TPSA) is 86.0 Å². The zero-order valence-corrected chi connectivity index (χ0v) is 19.0. The summed E-state index contributed by atoms with van der Waals surface area (Å²) in [6.07, 6.45) is 2.04. The number of benzene rings is 2. The van der Waals surface area contributed by atoms with Gasteiger partial charge in [-0.3, -0.25) is 18.7 Å². The summed E-state index contributed by atoms with van der Waals surface area (Å²) in [5.74, 6) is -2.77. The molecule has 3 heterocycles. The Balaban J connectivity index is 1.58. The maximum atomic E-state index is 13.6. The standard InChI is InChI=1S/C25H18F2N4O3S/c26-18-9-8-16(13-19(18)27)29-20(32)14-31-21-17-7-4-11-28-23(17)35-22(21)24(33)30(25(31)34)12-10-15-5-2-1-3-6-15/h1-9,11,13H,10,12,14H2,(H,29,32). The van der Waals surface area contributed by atoms with Crippen molar-refractivity contribution in [1.29, 1.82) is 0 Å². The van der Waals surface area contributed by atoms with Crippen LogP contribution >= 0.6 is 11.3 Å². The van der Waals surface area contributed by atoms with Crippen molar-refractivity contribution in [1.82, 2.24) is 14.1 Å². The van der Waals surface area contributed by atoms with E-state index in [1.807, 2.05) is 30.3 Å². The fourth-order valence-electron chi connectivity index (χ4n) is 3.93. The number of aryl methyl sites for hydroxylation is 1. The third-order valence-electron chi connectivity index (χ3n) is 5.58. The highest BCUT2D eigenvalue weighted by atomic mass is 32.1. The predicted octanol–water partition coefficient (Wildman–Crippen LogP) is 3.93. The van der Waals surface area contributed by atoms with Gasteiger partial charge in [0.15, 0.2) is 11.6 Å². The molecule has 0 atom stereocenters. The number of amides is 1. The molecule has 0 spiro atoms. The van der Waals surface area contributed by atoms with Gasteiger partial charge in [-0.05, 0) is 36.2 Å². The van der Waals surface area contributed by atoms with Crippen molar-refractivity contribution >= 4 is 43.4 Å². The number of pyridine rings is 1. The van der Waals surface area contributed by atoms with E-state index in [1.165, 1.54) is 10.6 Å². The number of hydrogen-bond acceptors (Lipinski definition) is 5. The summed E-state index contributed by atoms with van der Waals surface area (Å²) < 4.78 is 29.5. The molecule has 35 heavy (non-hydrogen) atoms. The van der Waals surface area contributed by atoms with Crippen LogP contribution in [0.4, 0.5) is 14.5 Å². The lowest BCUT2D eigenvalue weighted by molar-refractivity contribution is -0.116. The Hall–Kier alpha value is -4.18. The second-order valence-electron chi connectivity index (χ2n) is 7.87. The van der Waals surface area contributed by atoms with Crippen molar-refractivity contribution in [2.24, 2.45) is 0 Å². The summed E-state index contributed by atoms with van der Waals surface area (Å²) in [6.45, 7) is -0.301. The molecule has 3 aromatic heterocycles. The minimum atomic E-state index is -1.10. The molecule has 5 rings (SSSR count). The molecule has 5 aromatic rings. The number of hydrogen-bond donors (Lipinski definition) is 1. The smallest absolute Gasteiger partial charge is 0.324 e. The van der Waals surface area contributed by atoms with Crippen molar-refractivity contribution in [3.05, 3.63) is 105 Å². The predicted molar refractivity (Wildman–Crippen MR) is 131 cm³/mol. The zero-order chi connectivity index (χ0) is 24.5. The normalized spacial score (nSPS) is 11.3. The quantitative estimate of drug-likeness (QED) is 0.389. The molecule has 7 nitrogen and oxygen atoms in total. The van der Waals surface area contributed by atoms with Crippen molar-refractivity contribution < 1.29 is 13.6 Å². The summed E-state index contributed by atoms with van der Waals surface area (Å²) in [5, 5.41) is 3.06. The number of carbonyl (C=O) groups excluding carboxylic acids is 1. The molecule has 1 amide bonds.